The van der Waals surface area contributed by atoms with Crippen molar-refractivity contribution in [1.29, 1.82) is 0 Å². The molecular formula is C40H39ClN6O6. The molecule has 4 atom stereocenters. The van der Waals surface area contributed by atoms with Crippen LogP contribution in [-0.2, 0) is 44.9 Å². The van der Waals surface area contributed by atoms with Crippen molar-refractivity contribution in [2.75, 3.05) is 0 Å². The van der Waals surface area contributed by atoms with Gasteiger partial charge in [-0.25, -0.2) is 0 Å². The van der Waals surface area contributed by atoms with Crippen LogP contribution in [0.5, 0.6) is 0 Å². The number of halogens is 1. The van der Waals surface area contributed by atoms with Gasteiger partial charge in [-0.2, -0.15) is 0 Å². The Morgan fingerprint density at radius 2 is 1.06 bits per heavy atom. The number of amides is 4. The number of nitrogens with zero attached hydrogens (tertiary/aromatic N) is 1. The molecule has 0 bridgehead atoms. The molecule has 7 N–H and O–H groups in total. The minimum absolute atomic E-state index is 0.0283. The van der Waals surface area contributed by atoms with E-state index in [4.69, 9.17) is 23.1 Å². The van der Waals surface area contributed by atoms with Gasteiger partial charge in [0.15, 0.2) is 0 Å². The lowest BCUT2D eigenvalue weighted by atomic mass is 9.99. The van der Waals surface area contributed by atoms with E-state index in [0.717, 1.165) is 21.9 Å². The van der Waals surface area contributed by atoms with Crippen LogP contribution < -0.4 is 27.4 Å². The van der Waals surface area contributed by atoms with Crippen molar-refractivity contribution in [1.82, 2.24) is 16.0 Å². The van der Waals surface area contributed by atoms with Crippen molar-refractivity contribution in [3.63, 3.8) is 0 Å². The van der Waals surface area contributed by atoms with Crippen molar-refractivity contribution >= 4 is 51.7 Å². The van der Waals surface area contributed by atoms with E-state index >= 15 is 0 Å². The average Bonchev–Trinajstić information content (AvgIpc) is 3.15. The lowest BCUT2D eigenvalue weighted by Crippen LogP contribution is -2.58. The number of fused-ring (bicyclic) bond motifs is 1. The summed E-state index contributed by atoms with van der Waals surface area (Å²) in [5.41, 5.74) is 14.6. The van der Waals surface area contributed by atoms with E-state index in [1.807, 2.05) is 72.8 Å². The van der Waals surface area contributed by atoms with Crippen molar-refractivity contribution < 1.29 is 24.1 Å². The van der Waals surface area contributed by atoms with Crippen LogP contribution in [0.4, 0.5) is 5.69 Å². The first kappa shape index (κ1) is 38.1. The van der Waals surface area contributed by atoms with E-state index in [2.05, 4.69) is 16.0 Å². The molecular weight excluding hydrogens is 696 g/mol. The van der Waals surface area contributed by atoms with E-state index in [0.29, 0.717) is 16.1 Å². The summed E-state index contributed by atoms with van der Waals surface area (Å²) in [7, 11) is 0. The third-order valence-corrected chi connectivity index (χ3v) is 9.01. The SMILES string of the molecule is NC(=O)C(Cc1ccc([N+](=O)[O-])cc1)NC(=O)C(Cc1ccc2ccccc2c1)NC(=O)C(Cc1ccc(Cl)cc1)NC(=O)C(N)Cc1ccccc1. The molecule has 0 saturated heterocycles. The van der Waals surface area contributed by atoms with Gasteiger partial charge in [-0.05, 0) is 51.6 Å². The highest BCUT2D eigenvalue weighted by molar-refractivity contribution is 6.30. The molecule has 4 unspecified atom stereocenters. The fourth-order valence-electron chi connectivity index (χ4n) is 5.87. The second kappa shape index (κ2) is 17.9. The smallest absolute Gasteiger partial charge is 0.269 e. The molecule has 0 heterocycles. The minimum atomic E-state index is -1.22. The zero-order valence-corrected chi connectivity index (χ0v) is 29.4. The number of nitrogens with two attached hydrogens (primary N) is 2. The molecule has 12 nitrogen and oxygen atoms in total. The summed E-state index contributed by atoms with van der Waals surface area (Å²) in [5.74, 6) is -2.76. The van der Waals surface area contributed by atoms with Crippen LogP contribution in [0, 0.1) is 10.1 Å². The number of nitro benzene ring substituents is 1. The van der Waals surface area contributed by atoms with Crippen molar-refractivity contribution in [2.24, 2.45) is 11.5 Å². The Kier molecular flexibility index (Phi) is 12.9. The molecule has 4 amide bonds. The molecule has 0 spiro atoms. The Hall–Kier alpha value is -6.11. The number of hydrogen-bond donors (Lipinski definition) is 5. The highest BCUT2D eigenvalue weighted by Crippen LogP contribution is 2.18. The summed E-state index contributed by atoms with van der Waals surface area (Å²) in [4.78, 5) is 64.6. The van der Waals surface area contributed by atoms with Crippen molar-refractivity contribution in [3.8, 4) is 0 Å². The van der Waals surface area contributed by atoms with E-state index in [-0.39, 0.29) is 31.4 Å². The Labute approximate surface area is 311 Å². The largest absolute Gasteiger partial charge is 0.368 e. The number of benzene rings is 5. The predicted molar refractivity (Wildman–Crippen MR) is 203 cm³/mol. The first-order valence-corrected chi connectivity index (χ1v) is 17.3. The van der Waals surface area contributed by atoms with E-state index in [1.165, 1.54) is 24.3 Å². The molecule has 5 rings (SSSR count). The Morgan fingerprint density at radius 3 is 1.66 bits per heavy atom. The monoisotopic (exact) mass is 734 g/mol. The normalized spacial score (nSPS) is 13.2. The van der Waals surface area contributed by atoms with Crippen LogP contribution in [0.2, 0.25) is 5.02 Å². The predicted octanol–water partition coefficient (Wildman–Crippen LogP) is 3.94. The molecule has 0 aliphatic carbocycles. The molecule has 0 radical (unpaired) electrons. The number of non-ortho nitro benzene ring substituents is 1. The third kappa shape index (κ3) is 10.9. The van der Waals surface area contributed by atoms with Crippen molar-refractivity contribution in [2.45, 2.75) is 49.9 Å². The van der Waals surface area contributed by atoms with Gasteiger partial charge in [0.1, 0.15) is 18.1 Å². The topological polar surface area (TPSA) is 200 Å². The number of primary amides is 1. The molecule has 0 aromatic heterocycles. The number of rotatable bonds is 16. The summed E-state index contributed by atoms with van der Waals surface area (Å²) in [5, 5.41) is 21.7. The molecule has 5 aromatic rings. The molecule has 5 aromatic carbocycles. The molecule has 272 valence electrons. The number of nitro groups is 1. The number of hydrogen-bond acceptors (Lipinski definition) is 7. The van der Waals surface area contributed by atoms with Crippen LogP contribution in [0.25, 0.3) is 10.8 Å². The highest BCUT2D eigenvalue weighted by Gasteiger charge is 2.31. The van der Waals surface area contributed by atoms with Gasteiger partial charge in [-0.1, -0.05) is 109 Å². The second-order valence-electron chi connectivity index (χ2n) is 12.7. The standard InChI is InChI=1S/C40H39ClN6O6/c41-31-16-11-26(12-17-31)23-35(45-38(49)33(42)21-25-6-2-1-3-7-25)40(51)46-36(24-28-10-15-29-8-4-5-9-30(29)20-28)39(50)44-34(37(43)48)22-27-13-18-32(19-14-27)47(52)53/h1-20,33-36H,21-24,42H2,(H2,43,48)(H,44,50)(H,45,49)(H,46,51). The maximum absolute atomic E-state index is 14.1. The molecule has 0 fully saturated rings. The fraction of sp³-hybridized carbons (Fsp3) is 0.200. The molecule has 0 saturated carbocycles. The molecule has 0 aliphatic heterocycles. The summed E-state index contributed by atoms with van der Waals surface area (Å²) >= 11 is 6.10. The first-order valence-electron chi connectivity index (χ1n) is 16.9. The number of carbonyl (C=O) groups excluding carboxylic acids is 4. The van der Waals surface area contributed by atoms with Gasteiger partial charge in [-0.15, -0.1) is 0 Å². The van der Waals surface area contributed by atoms with Crippen LogP contribution in [0.1, 0.15) is 22.3 Å². The summed E-state index contributed by atoms with van der Waals surface area (Å²) in [6.45, 7) is 0. The average molecular weight is 735 g/mol. The third-order valence-electron chi connectivity index (χ3n) is 8.75. The Bertz CT molecular complexity index is 2080. The highest BCUT2D eigenvalue weighted by atomic mass is 35.5. The minimum Gasteiger partial charge on any atom is -0.368 e. The lowest BCUT2D eigenvalue weighted by Gasteiger charge is -2.26. The van der Waals surface area contributed by atoms with Crippen LogP contribution >= 0.6 is 11.6 Å². The Morgan fingerprint density at radius 1 is 0.585 bits per heavy atom. The number of carbonyl (C=O) groups is 4. The van der Waals surface area contributed by atoms with Gasteiger partial charge in [0.05, 0.1) is 11.0 Å². The Balaban J connectivity index is 1.40. The van der Waals surface area contributed by atoms with Crippen LogP contribution in [0.15, 0.2) is 121 Å². The van der Waals surface area contributed by atoms with Gasteiger partial charge >= 0.3 is 0 Å². The van der Waals surface area contributed by atoms with E-state index in [9.17, 15) is 29.3 Å². The molecule has 53 heavy (non-hydrogen) atoms. The summed E-state index contributed by atoms with van der Waals surface area (Å²) in [6.07, 6.45) is 0.268. The van der Waals surface area contributed by atoms with Crippen LogP contribution in [-0.4, -0.2) is 52.7 Å². The summed E-state index contributed by atoms with van der Waals surface area (Å²) < 4.78 is 0. The first-order chi connectivity index (χ1) is 25.4. The van der Waals surface area contributed by atoms with Gasteiger partial charge < -0.3 is 27.4 Å². The zero-order valence-electron chi connectivity index (χ0n) is 28.6. The maximum Gasteiger partial charge on any atom is 0.269 e. The quantitative estimate of drug-likeness (QED) is 0.0747. The van der Waals surface area contributed by atoms with E-state index < -0.39 is 52.7 Å². The van der Waals surface area contributed by atoms with Gasteiger partial charge in [0, 0.05) is 36.4 Å². The lowest BCUT2D eigenvalue weighted by molar-refractivity contribution is -0.384. The maximum atomic E-state index is 14.1. The second-order valence-corrected chi connectivity index (χ2v) is 13.2. The van der Waals surface area contributed by atoms with Crippen molar-refractivity contribution in [3.05, 3.63) is 159 Å². The molecule has 13 heteroatoms. The van der Waals surface area contributed by atoms with Gasteiger partial charge in [-0.3, -0.25) is 29.3 Å². The van der Waals surface area contributed by atoms with Crippen LogP contribution in [0.3, 0.4) is 0 Å². The molecule has 0 aliphatic rings. The fourth-order valence-corrected chi connectivity index (χ4v) is 6.00. The van der Waals surface area contributed by atoms with Gasteiger partial charge in [0.25, 0.3) is 5.69 Å². The van der Waals surface area contributed by atoms with Gasteiger partial charge in [0.2, 0.25) is 23.6 Å². The summed E-state index contributed by atoms with van der Waals surface area (Å²) in [6, 6.07) is 30.3. The number of nitrogens with one attached hydrogen (secondary N) is 3. The zero-order chi connectivity index (χ0) is 37.9. The van der Waals surface area contributed by atoms with E-state index in [1.54, 1.807) is 24.3 Å².